The third kappa shape index (κ3) is 5.02. The van der Waals surface area contributed by atoms with E-state index in [-0.39, 0.29) is 39.4 Å². The van der Waals surface area contributed by atoms with Crippen LogP contribution >= 0.6 is 23.2 Å². The van der Waals surface area contributed by atoms with E-state index in [9.17, 15) is 13.2 Å². The summed E-state index contributed by atoms with van der Waals surface area (Å²) in [6.07, 6.45) is 0.0188. The minimum Gasteiger partial charge on any atom is -0.491 e. The number of nitrogens with one attached hydrogen (secondary N) is 1. The Morgan fingerprint density at radius 2 is 1.75 bits per heavy atom. The third-order valence-corrected chi connectivity index (χ3v) is 4.67. The molecule has 0 unspecified atom stereocenters. The molecule has 0 aliphatic carbocycles. The Morgan fingerprint density at radius 3 is 2.38 bits per heavy atom. The molecule has 0 heterocycles. The predicted octanol–water partition coefficient (Wildman–Crippen LogP) is 3.05. The molecule has 0 saturated carbocycles. The molecular formula is C15H14Cl2N2O4S. The van der Waals surface area contributed by atoms with Crippen molar-refractivity contribution in [1.82, 2.24) is 0 Å². The average molecular weight is 389 g/mol. The molecule has 0 aromatic heterocycles. The van der Waals surface area contributed by atoms with E-state index in [1.165, 1.54) is 24.3 Å². The van der Waals surface area contributed by atoms with Crippen molar-refractivity contribution in [2.24, 2.45) is 5.73 Å². The standard InChI is InChI=1S/C15H14Cl2N2O4S/c16-10-7-11(17)9-12(8-10)24(21,22)19-13-3-1-2-4-14(13)23-6-5-15(18)20/h1-4,7-9,19H,5-6H2,(H2,18,20). The van der Waals surface area contributed by atoms with E-state index in [2.05, 4.69) is 4.72 Å². The molecule has 6 nitrogen and oxygen atoms in total. The number of ether oxygens (including phenoxy) is 1. The van der Waals surface area contributed by atoms with E-state index in [1.807, 2.05) is 0 Å². The zero-order valence-corrected chi connectivity index (χ0v) is 14.7. The molecule has 0 aliphatic rings. The second-order valence-electron chi connectivity index (χ2n) is 4.77. The first kappa shape index (κ1) is 18.4. The number of rotatable bonds is 7. The molecule has 24 heavy (non-hydrogen) atoms. The van der Waals surface area contributed by atoms with Crippen LogP contribution in [0.1, 0.15) is 6.42 Å². The lowest BCUT2D eigenvalue weighted by atomic mass is 10.3. The number of carbonyl (C=O) groups is 1. The van der Waals surface area contributed by atoms with E-state index < -0.39 is 15.9 Å². The van der Waals surface area contributed by atoms with Crippen LogP contribution in [0.25, 0.3) is 0 Å². The molecule has 9 heteroatoms. The van der Waals surface area contributed by atoms with E-state index in [1.54, 1.807) is 18.2 Å². The zero-order valence-electron chi connectivity index (χ0n) is 12.3. The Kier molecular flexibility index (Phi) is 5.93. The quantitative estimate of drug-likeness (QED) is 0.761. The van der Waals surface area contributed by atoms with Gasteiger partial charge in [0, 0.05) is 10.0 Å². The zero-order chi connectivity index (χ0) is 17.7. The first-order valence-corrected chi connectivity index (χ1v) is 9.01. The Bertz CT molecular complexity index is 836. The molecule has 128 valence electrons. The number of carbonyl (C=O) groups excluding carboxylic acids is 1. The van der Waals surface area contributed by atoms with E-state index in [4.69, 9.17) is 33.7 Å². The fraction of sp³-hybridized carbons (Fsp3) is 0.133. The van der Waals surface area contributed by atoms with Gasteiger partial charge in [-0.05, 0) is 30.3 Å². The van der Waals surface area contributed by atoms with Gasteiger partial charge in [0.1, 0.15) is 5.75 Å². The average Bonchev–Trinajstić information content (AvgIpc) is 2.47. The molecule has 0 bridgehead atoms. The fourth-order valence-corrected chi connectivity index (χ4v) is 3.62. The van der Waals surface area contributed by atoms with Gasteiger partial charge in [0.25, 0.3) is 10.0 Å². The summed E-state index contributed by atoms with van der Waals surface area (Å²) in [5, 5.41) is 0.405. The van der Waals surface area contributed by atoms with Crippen molar-refractivity contribution in [2.75, 3.05) is 11.3 Å². The highest BCUT2D eigenvalue weighted by Crippen LogP contribution is 2.28. The van der Waals surface area contributed by atoms with Crippen LogP contribution in [-0.2, 0) is 14.8 Å². The maximum Gasteiger partial charge on any atom is 0.262 e. The number of para-hydroxylation sites is 2. The summed E-state index contributed by atoms with van der Waals surface area (Å²) in [5.74, 6) is -0.239. The minimum absolute atomic E-state index is 0.0188. The molecule has 3 N–H and O–H groups in total. The molecular weight excluding hydrogens is 375 g/mol. The Morgan fingerprint density at radius 1 is 1.12 bits per heavy atom. The second-order valence-corrected chi connectivity index (χ2v) is 7.33. The van der Waals surface area contributed by atoms with Crippen LogP contribution in [0, 0.1) is 0 Å². The molecule has 0 atom stereocenters. The molecule has 2 aromatic rings. The van der Waals surface area contributed by atoms with Gasteiger partial charge in [0.05, 0.1) is 23.6 Å². The number of halogens is 2. The molecule has 2 aromatic carbocycles. The lowest BCUT2D eigenvalue weighted by Crippen LogP contribution is -2.16. The van der Waals surface area contributed by atoms with Crippen LogP contribution in [0.3, 0.4) is 0 Å². The number of anilines is 1. The minimum atomic E-state index is -3.91. The number of hydrogen-bond acceptors (Lipinski definition) is 4. The highest BCUT2D eigenvalue weighted by atomic mass is 35.5. The van der Waals surface area contributed by atoms with Gasteiger partial charge < -0.3 is 10.5 Å². The predicted molar refractivity (Wildman–Crippen MR) is 93.0 cm³/mol. The van der Waals surface area contributed by atoms with Crippen LogP contribution in [0.4, 0.5) is 5.69 Å². The van der Waals surface area contributed by atoms with Crippen molar-refractivity contribution in [1.29, 1.82) is 0 Å². The molecule has 0 saturated heterocycles. The summed E-state index contributed by atoms with van der Waals surface area (Å²) in [5.41, 5.74) is 5.27. The number of primary amides is 1. The molecule has 0 fully saturated rings. The normalized spacial score (nSPS) is 11.1. The number of amides is 1. The molecule has 0 radical (unpaired) electrons. The van der Waals surface area contributed by atoms with Gasteiger partial charge in [0.2, 0.25) is 5.91 Å². The van der Waals surface area contributed by atoms with Crippen molar-refractivity contribution in [3.63, 3.8) is 0 Å². The van der Waals surface area contributed by atoms with Gasteiger partial charge in [-0.25, -0.2) is 8.42 Å². The van der Waals surface area contributed by atoms with Crippen molar-refractivity contribution in [2.45, 2.75) is 11.3 Å². The summed E-state index contributed by atoms with van der Waals surface area (Å²) < 4.78 is 32.8. The summed E-state index contributed by atoms with van der Waals surface area (Å²) in [6.45, 7) is 0.0388. The first-order valence-electron chi connectivity index (χ1n) is 6.77. The molecule has 0 aliphatic heterocycles. The molecule has 2 rings (SSSR count). The lowest BCUT2D eigenvalue weighted by Gasteiger charge is -2.13. The first-order chi connectivity index (χ1) is 11.3. The Labute approximate surface area is 149 Å². The van der Waals surface area contributed by atoms with Gasteiger partial charge in [-0.15, -0.1) is 0 Å². The Balaban J connectivity index is 2.24. The summed E-state index contributed by atoms with van der Waals surface area (Å²) >= 11 is 11.7. The maximum absolute atomic E-state index is 12.5. The van der Waals surface area contributed by atoms with Crippen LogP contribution in [0.2, 0.25) is 10.0 Å². The smallest absolute Gasteiger partial charge is 0.262 e. The monoisotopic (exact) mass is 388 g/mol. The SMILES string of the molecule is NC(=O)CCOc1ccccc1NS(=O)(=O)c1cc(Cl)cc(Cl)c1. The number of benzene rings is 2. The molecule has 1 amide bonds. The molecule has 0 spiro atoms. The van der Waals surface area contributed by atoms with Crippen molar-refractivity contribution in [3.8, 4) is 5.75 Å². The van der Waals surface area contributed by atoms with Crippen LogP contribution < -0.4 is 15.2 Å². The van der Waals surface area contributed by atoms with Crippen molar-refractivity contribution < 1.29 is 17.9 Å². The summed E-state index contributed by atoms with van der Waals surface area (Å²) in [7, 11) is -3.91. The maximum atomic E-state index is 12.5. The van der Waals surface area contributed by atoms with Gasteiger partial charge >= 0.3 is 0 Å². The van der Waals surface area contributed by atoms with Crippen LogP contribution in [0.15, 0.2) is 47.4 Å². The van der Waals surface area contributed by atoms with Gasteiger partial charge in [-0.3, -0.25) is 9.52 Å². The number of nitrogens with two attached hydrogens (primary N) is 1. The number of hydrogen-bond donors (Lipinski definition) is 2. The summed E-state index contributed by atoms with van der Waals surface area (Å²) in [4.78, 5) is 10.7. The van der Waals surface area contributed by atoms with Crippen molar-refractivity contribution >= 4 is 44.8 Å². The van der Waals surface area contributed by atoms with E-state index >= 15 is 0 Å². The fourth-order valence-electron chi connectivity index (χ4n) is 1.83. The van der Waals surface area contributed by atoms with E-state index in [0.717, 1.165) is 0 Å². The Hall–Kier alpha value is -1.96. The largest absolute Gasteiger partial charge is 0.491 e. The van der Waals surface area contributed by atoms with Crippen LogP contribution in [-0.4, -0.2) is 20.9 Å². The second kappa shape index (κ2) is 7.74. The van der Waals surface area contributed by atoms with Gasteiger partial charge in [-0.1, -0.05) is 35.3 Å². The van der Waals surface area contributed by atoms with Gasteiger partial charge in [-0.2, -0.15) is 0 Å². The number of sulfonamides is 1. The van der Waals surface area contributed by atoms with Crippen LogP contribution in [0.5, 0.6) is 5.75 Å². The van der Waals surface area contributed by atoms with Crippen molar-refractivity contribution in [3.05, 3.63) is 52.5 Å². The highest BCUT2D eigenvalue weighted by Gasteiger charge is 2.18. The third-order valence-electron chi connectivity index (χ3n) is 2.88. The lowest BCUT2D eigenvalue weighted by molar-refractivity contribution is -0.118. The highest BCUT2D eigenvalue weighted by molar-refractivity contribution is 7.92. The van der Waals surface area contributed by atoms with Gasteiger partial charge in [0.15, 0.2) is 0 Å². The van der Waals surface area contributed by atoms with E-state index in [0.29, 0.717) is 0 Å². The topological polar surface area (TPSA) is 98.5 Å². The summed E-state index contributed by atoms with van der Waals surface area (Å²) in [6, 6.07) is 10.4.